The number of amides is 1. The minimum absolute atomic E-state index is 0.0693. The van der Waals surface area contributed by atoms with Gasteiger partial charge in [-0.3, -0.25) is 4.79 Å². The first kappa shape index (κ1) is 16.6. The van der Waals surface area contributed by atoms with Crippen LogP contribution in [-0.4, -0.2) is 50.2 Å². The zero-order chi connectivity index (χ0) is 16.1. The third kappa shape index (κ3) is 4.13. The lowest BCUT2D eigenvalue weighted by Gasteiger charge is -2.34. The fourth-order valence-electron chi connectivity index (χ4n) is 2.77. The van der Waals surface area contributed by atoms with E-state index in [4.69, 9.17) is 9.47 Å². The Kier molecular flexibility index (Phi) is 5.66. The van der Waals surface area contributed by atoms with E-state index in [1.165, 1.54) is 0 Å². The Morgan fingerprint density at radius 2 is 1.68 bits per heavy atom. The predicted molar refractivity (Wildman–Crippen MR) is 86.7 cm³/mol. The van der Waals surface area contributed by atoms with Gasteiger partial charge in [0.1, 0.15) is 11.5 Å². The molecule has 1 aliphatic rings. The summed E-state index contributed by atoms with van der Waals surface area (Å²) in [5.41, 5.74) is 0.572. The number of rotatable bonds is 5. The molecular formula is C17H26N2O3. The van der Waals surface area contributed by atoms with E-state index in [0.717, 1.165) is 25.9 Å². The Morgan fingerprint density at radius 3 is 2.14 bits per heavy atom. The van der Waals surface area contributed by atoms with E-state index in [1.807, 2.05) is 0 Å². The largest absolute Gasteiger partial charge is 0.497 e. The van der Waals surface area contributed by atoms with E-state index in [9.17, 15) is 4.79 Å². The molecular weight excluding hydrogens is 280 g/mol. The normalized spacial score (nSPS) is 16.6. The summed E-state index contributed by atoms with van der Waals surface area (Å²) in [5.74, 6) is 1.18. The Bertz CT molecular complexity index is 486. The molecule has 122 valence electrons. The third-order valence-corrected chi connectivity index (χ3v) is 4.21. The first-order valence-corrected chi connectivity index (χ1v) is 7.81. The van der Waals surface area contributed by atoms with Crippen molar-refractivity contribution in [1.82, 2.24) is 10.2 Å². The van der Waals surface area contributed by atoms with Gasteiger partial charge in [0.25, 0.3) is 5.91 Å². The molecule has 0 spiro atoms. The maximum absolute atomic E-state index is 12.4. The van der Waals surface area contributed by atoms with Gasteiger partial charge in [0.15, 0.2) is 0 Å². The maximum atomic E-state index is 12.4. The molecule has 0 saturated carbocycles. The highest BCUT2D eigenvalue weighted by atomic mass is 16.5. The highest BCUT2D eigenvalue weighted by Gasteiger charge is 2.22. The molecule has 0 unspecified atom stereocenters. The van der Waals surface area contributed by atoms with E-state index in [2.05, 4.69) is 24.1 Å². The minimum Gasteiger partial charge on any atom is -0.497 e. The fourth-order valence-corrected chi connectivity index (χ4v) is 2.77. The Hall–Kier alpha value is -1.75. The quantitative estimate of drug-likeness (QED) is 0.907. The van der Waals surface area contributed by atoms with Gasteiger partial charge in [-0.2, -0.15) is 0 Å². The van der Waals surface area contributed by atoms with Crippen molar-refractivity contribution in [3.8, 4) is 11.5 Å². The number of benzene rings is 1. The van der Waals surface area contributed by atoms with Crippen LogP contribution in [0.4, 0.5) is 0 Å². The van der Waals surface area contributed by atoms with Crippen LogP contribution in [0.15, 0.2) is 18.2 Å². The first-order chi connectivity index (χ1) is 10.5. The summed E-state index contributed by atoms with van der Waals surface area (Å²) < 4.78 is 10.4. The smallest absolute Gasteiger partial charge is 0.251 e. The van der Waals surface area contributed by atoms with Crippen molar-refractivity contribution in [2.24, 2.45) is 0 Å². The molecule has 1 N–H and O–H groups in total. The van der Waals surface area contributed by atoms with Gasteiger partial charge in [0.2, 0.25) is 0 Å². The molecule has 1 saturated heterocycles. The number of nitrogens with zero attached hydrogens (tertiary/aromatic N) is 1. The Balaban J connectivity index is 1.98. The van der Waals surface area contributed by atoms with Gasteiger partial charge in [0.05, 0.1) is 14.2 Å². The molecule has 1 aromatic rings. The molecule has 1 amide bonds. The van der Waals surface area contributed by atoms with E-state index < -0.39 is 0 Å². The van der Waals surface area contributed by atoms with Crippen LogP contribution in [0.2, 0.25) is 0 Å². The van der Waals surface area contributed by atoms with Crippen LogP contribution in [-0.2, 0) is 0 Å². The molecule has 0 atom stereocenters. The number of hydrogen-bond acceptors (Lipinski definition) is 4. The molecule has 22 heavy (non-hydrogen) atoms. The summed E-state index contributed by atoms with van der Waals surface area (Å²) >= 11 is 0. The lowest BCUT2D eigenvalue weighted by molar-refractivity contribution is 0.0900. The van der Waals surface area contributed by atoms with Crippen LogP contribution >= 0.6 is 0 Å². The second-order valence-electron chi connectivity index (χ2n) is 5.98. The lowest BCUT2D eigenvalue weighted by atomic mass is 10.0. The van der Waals surface area contributed by atoms with E-state index in [0.29, 0.717) is 23.1 Å². The third-order valence-electron chi connectivity index (χ3n) is 4.21. The molecule has 1 aromatic carbocycles. The Morgan fingerprint density at radius 1 is 1.14 bits per heavy atom. The van der Waals surface area contributed by atoms with Crippen LogP contribution < -0.4 is 14.8 Å². The van der Waals surface area contributed by atoms with Crippen LogP contribution in [0.5, 0.6) is 11.5 Å². The number of piperidine rings is 1. The van der Waals surface area contributed by atoms with Crippen LogP contribution in [0.25, 0.3) is 0 Å². The van der Waals surface area contributed by atoms with Crippen molar-refractivity contribution in [2.75, 3.05) is 27.3 Å². The number of methoxy groups -OCH3 is 2. The van der Waals surface area contributed by atoms with Crippen LogP contribution in [0, 0.1) is 0 Å². The van der Waals surface area contributed by atoms with Crippen molar-refractivity contribution >= 4 is 5.91 Å². The summed E-state index contributed by atoms with van der Waals surface area (Å²) in [6.45, 7) is 6.48. The molecule has 2 rings (SSSR count). The Labute approximate surface area is 132 Å². The monoisotopic (exact) mass is 306 g/mol. The number of hydrogen-bond donors (Lipinski definition) is 1. The van der Waals surface area contributed by atoms with Gasteiger partial charge in [-0.25, -0.2) is 0 Å². The number of likely N-dealkylation sites (tertiary alicyclic amines) is 1. The van der Waals surface area contributed by atoms with Crippen LogP contribution in [0.1, 0.15) is 37.0 Å². The first-order valence-electron chi connectivity index (χ1n) is 7.81. The summed E-state index contributed by atoms with van der Waals surface area (Å²) in [7, 11) is 3.16. The topological polar surface area (TPSA) is 50.8 Å². The number of ether oxygens (including phenoxy) is 2. The molecule has 0 aromatic heterocycles. The molecule has 5 heteroatoms. The second kappa shape index (κ2) is 7.49. The minimum atomic E-state index is -0.0693. The highest BCUT2D eigenvalue weighted by molar-refractivity contribution is 5.95. The summed E-state index contributed by atoms with van der Waals surface area (Å²) in [5, 5.41) is 3.12. The van der Waals surface area contributed by atoms with Crippen molar-refractivity contribution in [3.63, 3.8) is 0 Å². The summed E-state index contributed by atoms with van der Waals surface area (Å²) in [6.07, 6.45) is 1.98. The number of nitrogens with one attached hydrogen (secondary N) is 1. The van der Waals surface area contributed by atoms with Crippen LogP contribution in [0.3, 0.4) is 0 Å². The van der Waals surface area contributed by atoms with Gasteiger partial charge in [-0.15, -0.1) is 0 Å². The average Bonchev–Trinajstić information content (AvgIpc) is 2.54. The van der Waals surface area contributed by atoms with Gasteiger partial charge >= 0.3 is 0 Å². The molecule has 0 radical (unpaired) electrons. The van der Waals surface area contributed by atoms with Crippen molar-refractivity contribution < 1.29 is 14.3 Å². The van der Waals surface area contributed by atoms with Gasteiger partial charge in [-0.05, 0) is 38.8 Å². The maximum Gasteiger partial charge on any atom is 0.251 e. The van der Waals surface area contributed by atoms with E-state index in [-0.39, 0.29) is 11.9 Å². The summed E-state index contributed by atoms with van der Waals surface area (Å²) in [4.78, 5) is 14.9. The zero-order valence-corrected chi connectivity index (χ0v) is 13.9. The van der Waals surface area contributed by atoms with Gasteiger partial charge in [0, 0.05) is 36.8 Å². The SMILES string of the molecule is COc1cc(OC)cc(C(=O)NC2CCN(C(C)C)CC2)c1. The predicted octanol–water partition coefficient (Wildman–Crippen LogP) is 2.31. The lowest BCUT2D eigenvalue weighted by Crippen LogP contribution is -2.46. The fraction of sp³-hybridized carbons (Fsp3) is 0.588. The zero-order valence-electron chi connectivity index (χ0n) is 13.9. The van der Waals surface area contributed by atoms with Crippen molar-refractivity contribution in [2.45, 2.75) is 38.8 Å². The highest BCUT2D eigenvalue weighted by Crippen LogP contribution is 2.23. The molecule has 1 aliphatic heterocycles. The van der Waals surface area contributed by atoms with Crippen molar-refractivity contribution in [1.29, 1.82) is 0 Å². The number of carbonyl (C=O) groups excluding carboxylic acids is 1. The van der Waals surface area contributed by atoms with E-state index >= 15 is 0 Å². The van der Waals surface area contributed by atoms with Gasteiger partial charge in [-0.1, -0.05) is 0 Å². The molecule has 5 nitrogen and oxygen atoms in total. The van der Waals surface area contributed by atoms with E-state index in [1.54, 1.807) is 32.4 Å². The molecule has 1 heterocycles. The average molecular weight is 306 g/mol. The molecule has 0 bridgehead atoms. The second-order valence-corrected chi connectivity index (χ2v) is 5.98. The number of carbonyl (C=O) groups is 1. The van der Waals surface area contributed by atoms with Crippen molar-refractivity contribution in [3.05, 3.63) is 23.8 Å². The summed E-state index contributed by atoms with van der Waals surface area (Å²) in [6, 6.07) is 6.04. The molecule has 1 fully saturated rings. The molecule has 0 aliphatic carbocycles. The van der Waals surface area contributed by atoms with Gasteiger partial charge < -0.3 is 19.7 Å². The standard InChI is InChI=1S/C17H26N2O3/c1-12(2)19-7-5-14(6-8-19)18-17(20)13-9-15(21-3)11-16(10-13)22-4/h9-12,14H,5-8H2,1-4H3,(H,18,20).